The lowest BCUT2D eigenvalue weighted by atomic mass is 9.93. The second-order valence-electron chi connectivity index (χ2n) is 6.49. The maximum absolute atomic E-state index is 14.2. The number of nitrogens with zero attached hydrogens (tertiary/aromatic N) is 1. The van der Waals surface area contributed by atoms with Gasteiger partial charge in [0.05, 0.1) is 11.5 Å². The van der Waals surface area contributed by atoms with Crippen LogP contribution in [0.3, 0.4) is 0 Å². The number of carbonyl (C=O) groups excluding carboxylic acids is 1. The van der Waals surface area contributed by atoms with Crippen LogP contribution in [0.25, 0.3) is 10.1 Å². The molecule has 126 valence electrons. The van der Waals surface area contributed by atoms with Gasteiger partial charge in [-0.2, -0.15) is 0 Å². The quantitative estimate of drug-likeness (QED) is 0.880. The van der Waals surface area contributed by atoms with Gasteiger partial charge in [-0.3, -0.25) is 4.79 Å². The third-order valence-corrected chi connectivity index (χ3v) is 5.00. The largest absolute Gasteiger partial charge is 0.380 e. The number of methoxy groups -OCH3 is 1. The van der Waals surface area contributed by atoms with Crippen molar-refractivity contribution in [2.75, 3.05) is 27.2 Å². The second-order valence-corrected chi connectivity index (χ2v) is 7.54. The number of thiophene rings is 1. The van der Waals surface area contributed by atoms with Crippen LogP contribution in [0.15, 0.2) is 18.2 Å². The molecule has 0 atom stereocenters. The molecular weight excluding hydrogens is 315 g/mol. The number of ether oxygens (including phenoxy) is 1. The molecule has 0 bridgehead atoms. The van der Waals surface area contributed by atoms with Crippen LogP contribution in [0.2, 0.25) is 0 Å². The van der Waals surface area contributed by atoms with Gasteiger partial charge in [0.25, 0.3) is 5.91 Å². The van der Waals surface area contributed by atoms with Crippen molar-refractivity contribution in [3.63, 3.8) is 0 Å². The van der Waals surface area contributed by atoms with Crippen LogP contribution in [0, 0.1) is 11.2 Å². The van der Waals surface area contributed by atoms with Gasteiger partial charge in [-0.1, -0.05) is 19.9 Å². The first-order valence-corrected chi connectivity index (χ1v) is 8.26. The maximum Gasteiger partial charge on any atom is 0.264 e. The van der Waals surface area contributed by atoms with Gasteiger partial charge in [0.2, 0.25) is 0 Å². The van der Waals surface area contributed by atoms with E-state index in [9.17, 15) is 9.18 Å². The van der Waals surface area contributed by atoms with Crippen molar-refractivity contribution >= 4 is 27.3 Å². The zero-order valence-corrected chi connectivity index (χ0v) is 14.8. The summed E-state index contributed by atoms with van der Waals surface area (Å²) in [5.74, 6) is -0.450. The van der Waals surface area contributed by atoms with E-state index < -0.39 is 0 Å². The number of hydrogen-bond donors (Lipinski definition) is 1. The third-order valence-electron chi connectivity index (χ3n) is 3.81. The molecule has 1 aromatic carbocycles. The highest BCUT2D eigenvalue weighted by Crippen LogP contribution is 2.34. The molecule has 0 aliphatic carbocycles. The summed E-state index contributed by atoms with van der Waals surface area (Å²) in [6, 6.07) is 4.88. The Morgan fingerprint density at radius 1 is 1.43 bits per heavy atom. The lowest BCUT2D eigenvalue weighted by Gasteiger charge is -2.29. The molecule has 1 amide bonds. The van der Waals surface area contributed by atoms with Crippen LogP contribution in [0.4, 0.5) is 4.39 Å². The van der Waals surface area contributed by atoms with Crippen molar-refractivity contribution in [1.82, 2.24) is 4.90 Å². The number of fused-ring (bicyclic) bond motifs is 1. The molecule has 1 aromatic heterocycles. The fourth-order valence-electron chi connectivity index (χ4n) is 2.57. The molecule has 0 radical (unpaired) electrons. The average molecular weight is 338 g/mol. The van der Waals surface area contributed by atoms with E-state index in [-0.39, 0.29) is 23.7 Å². The van der Waals surface area contributed by atoms with Crippen LogP contribution in [-0.2, 0) is 11.3 Å². The molecule has 0 aliphatic heterocycles. The van der Waals surface area contributed by atoms with Crippen LogP contribution >= 0.6 is 11.3 Å². The molecular formula is C17H23FN2O2S. The minimum absolute atomic E-state index is 0.126. The van der Waals surface area contributed by atoms with Crippen molar-refractivity contribution in [3.8, 4) is 0 Å². The smallest absolute Gasteiger partial charge is 0.264 e. The SMILES string of the molecule is COCc1c(C(=O)N(C)CC(C)(C)CN)sc2cccc(F)c12. The molecule has 2 N–H and O–H groups in total. The normalized spacial score (nSPS) is 11.9. The number of hydrogen-bond acceptors (Lipinski definition) is 4. The Labute approximate surface area is 140 Å². The molecule has 0 aliphatic rings. The van der Waals surface area contributed by atoms with Crippen LogP contribution < -0.4 is 5.73 Å². The fourth-order valence-corrected chi connectivity index (χ4v) is 3.79. The monoisotopic (exact) mass is 338 g/mol. The Hall–Kier alpha value is -1.50. The van der Waals surface area contributed by atoms with E-state index in [4.69, 9.17) is 10.5 Å². The van der Waals surface area contributed by atoms with E-state index in [0.717, 1.165) is 4.70 Å². The van der Waals surface area contributed by atoms with Gasteiger partial charge in [-0.15, -0.1) is 11.3 Å². The minimum atomic E-state index is -0.324. The first-order chi connectivity index (χ1) is 10.8. The first kappa shape index (κ1) is 17.8. The Morgan fingerprint density at radius 3 is 2.74 bits per heavy atom. The highest BCUT2D eigenvalue weighted by Gasteiger charge is 2.26. The molecule has 2 aromatic rings. The van der Waals surface area contributed by atoms with E-state index in [1.54, 1.807) is 25.1 Å². The molecule has 4 nitrogen and oxygen atoms in total. The summed E-state index contributed by atoms with van der Waals surface area (Å²) in [7, 11) is 3.29. The summed E-state index contributed by atoms with van der Waals surface area (Å²) in [4.78, 5) is 15.0. The van der Waals surface area contributed by atoms with Crippen molar-refractivity contribution in [2.24, 2.45) is 11.1 Å². The third kappa shape index (κ3) is 3.71. The number of nitrogens with two attached hydrogens (primary N) is 1. The molecule has 0 unspecified atom stereocenters. The number of benzene rings is 1. The number of rotatable bonds is 6. The van der Waals surface area contributed by atoms with Gasteiger partial charge in [0.15, 0.2) is 0 Å². The molecule has 0 spiro atoms. The summed E-state index contributed by atoms with van der Waals surface area (Å²) < 4.78 is 20.1. The zero-order chi connectivity index (χ0) is 17.2. The fraction of sp³-hybridized carbons (Fsp3) is 0.471. The molecule has 23 heavy (non-hydrogen) atoms. The molecule has 6 heteroatoms. The number of amides is 1. The molecule has 0 fully saturated rings. The summed E-state index contributed by atoms with van der Waals surface area (Å²) in [5, 5.41) is 0.481. The summed E-state index contributed by atoms with van der Waals surface area (Å²) in [6.45, 7) is 5.24. The predicted octanol–water partition coefficient (Wildman–Crippen LogP) is 3.24. The van der Waals surface area contributed by atoms with Crippen LogP contribution in [-0.4, -0.2) is 38.1 Å². The first-order valence-electron chi connectivity index (χ1n) is 7.45. The van der Waals surface area contributed by atoms with Crippen molar-refractivity contribution in [3.05, 3.63) is 34.5 Å². The standard InChI is InChI=1S/C17H23FN2O2S/c1-17(2,9-19)10-20(3)16(21)15-11(8-22-4)14-12(18)6-5-7-13(14)23-15/h5-7H,8-10,19H2,1-4H3. The molecule has 2 rings (SSSR count). The minimum Gasteiger partial charge on any atom is -0.380 e. The van der Waals surface area contributed by atoms with E-state index in [0.29, 0.717) is 28.9 Å². The Morgan fingerprint density at radius 2 is 2.13 bits per heavy atom. The lowest BCUT2D eigenvalue weighted by Crippen LogP contribution is -2.39. The summed E-state index contributed by atoms with van der Waals surface area (Å²) in [6.07, 6.45) is 0. The topological polar surface area (TPSA) is 55.6 Å². The lowest BCUT2D eigenvalue weighted by molar-refractivity contribution is 0.0741. The summed E-state index contributed by atoms with van der Waals surface area (Å²) >= 11 is 1.31. The van der Waals surface area contributed by atoms with Gasteiger partial charge in [-0.25, -0.2) is 4.39 Å². The van der Waals surface area contributed by atoms with Crippen molar-refractivity contribution in [2.45, 2.75) is 20.5 Å². The van der Waals surface area contributed by atoms with Crippen molar-refractivity contribution in [1.29, 1.82) is 0 Å². The van der Waals surface area contributed by atoms with E-state index in [1.165, 1.54) is 17.4 Å². The van der Waals surface area contributed by atoms with Gasteiger partial charge in [-0.05, 0) is 24.1 Å². The Kier molecular flexibility index (Phi) is 5.39. The molecule has 0 saturated carbocycles. The Balaban J connectivity index is 2.44. The zero-order valence-electron chi connectivity index (χ0n) is 14.0. The average Bonchev–Trinajstić information content (AvgIpc) is 2.86. The van der Waals surface area contributed by atoms with Gasteiger partial charge >= 0.3 is 0 Å². The number of halogens is 1. The van der Waals surface area contributed by atoms with Gasteiger partial charge < -0.3 is 15.4 Å². The van der Waals surface area contributed by atoms with E-state index in [2.05, 4.69) is 0 Å². The Bertz CT molecular complexity index is 712. The van der Waals surface area contributed by atoms with Gasteiger partial charge in [0, 0.05) is 36.4 Å². The second kappa shape index (κ2) is 6.95. The highest BCUT2D eigenvalue weighted by molar-refractivity contribution is 7.21. The summed E-state index contributed by atoms with van der Waals surface area (Å²) in [5.41, 5.74) is 6.19. The van der Waals surface area contributed by atoms with Gasteiger partial charge in [0.1, 0.15) is 5.82 Å². The van der Waals surface area contributed by atoms with E-state index >= 15 is 0 Å². The molecule has 0 saturated heterocycles. The highest BCUT2D eigenvalue weighted by atomic mass is 32.1. The number of carbonyl (C=O) groups is 1. The molecule has 1 heterocycles. The van der Waals surface area contributed by atoms with Crippen LogP contribution in [0.1, 0.15) is 29.1 Å². The van der Waals surface area contributed by atoms with Crippen LogP contribution in [0.5, 0.6) is 0 Å². The van der Waals surface area contributed by atoms with Crippen molar-refractivity contribution < 1.29 is 13.9 Å². The predicted molar refractivity (Wildman–Crippen MR) is 92.3 cm³/mol. The van der Waals surface area contributed by atoms with E-state index in [1.807, 2.05) is 19.9 Å². The maximum atomic E-state index is 14.2.